The molecule has 8 heteroatoms. The molecule has 3 fully saturated rings. The van der Waals surface area contributed by atoms with Crippen molar-refractivity contribution in [2.45, 2.75) is 18.2 Å². The number of likely N-dealkylation sites (tertiary alicyclic amines) is 1. The summed E-state index contributed by atoms with van der Waals surface area (Å²) in [5.41, 5.74) is 0.210. The van der Waals surface area contributed by atoms with Crippen LogP contribution in [-0.4, -0.2) is 72.5 Å². The fourth-order valence-corrected chi connectivity index (χ4v) is 5.02. The van der Waals surface area contributed by atoms with E-state index in [1.807, 2.05) is 36.4 Å². The van der Waals surface area contributed by atoms with Crippen molar-refractivity contribution in [2.24, 2.45) is 11.8 Å². The zero-order valence-electron chi connectivity index (χ0n) is 16.2. The molecule has 29 heavy (non-hydrogen) atoms. The predicted octanol–water partition coefficient (Wildman–Crippen LogP) is -0.0644. The van der Waals surface area contributed by atoms with Crippen LogP contribution in [0.4, 0.5) is 0 Å². The molecule has 152 valence electrons. The van der Waals surface area contributed by atoms with Crippen LogP contribution in [0.15, 0.2) is 36.4 Å². The summed E-state index contributed by atoms with van der Waals surface area (Å²) in [5, 5.41) is 2.73. The largest absolute Gasteiger partial charge is 0.497 e. The van der Waals surface area contributed by atoms with Gasteiger partial charge in [0.05, 0.1) is 38.1 Å². The first-order valence-corrected chi connectivity index (χ1v) is 9.85. The Hall–Kier alpha value is -2.87. The molecule has 0 unspecified atom stereocenters. The maximum atomic E-state index is 13.3. The van der Waals surface area contributed by atoms with E-state index in [0.29, 0.717) is 26.2 Å². The Bertz CT molecular complexity index is 915. The van der Waals surface area contributed by atoms with Crippen molar-refractivity contribution >= 4 is 17.7 Å². The Morgan fingerprint density at radius 2 is 2.24 bits per heavy atom. The highest BCUT2D eigenvalue weighted by molar-refractivity contribution is 5.94. The summed E-state index contributed by atoms with van der Waals surface area (Å²) in [6.07, 6.45) is 3.43. The van der Waals surface area contributed by atoms with Gasteiger partial charge in [0.15, 0.2) is 0 Å². The number of benzene rings is 1. The molecule has 5 rings (SSSR count). The highest BCUT2D eigenvalue weighted by Crippen LogP contribution is 2.52. The zero-order chi connectivity index (χ0) is 20.2. The Balaban J connectivity index is 1.38. The third-order valence-electron chi connectivity index (χ3n) is 6.32. The van der Waals surface area contributed by atoms with Gasteiger partial charge in [0.25, 0.3) is 0 Å². The van der Waals surface area contributed by atoms with Crippen LogP contribution >= 0.6 is 0 Å². The van der Waals surface area contributed by atoms with Gasteiger partial charge in [0, 0.05) is 19.6 Å². The molecule has 4 aliphatic heterocycles. The molecular weight excluding hydrogens is 374 g/mol. The standard InChI is InChI=1S/C21H23N3O5/c1-28-14-4-2-3-13(9-14)10-24-12-21-6-5-15(29-21)17(18(21)20(24)27)19(26)23-8-7-22-16(25)11-23/h2-6,9,15,17-18H,7-8,10-12H2,1H3,(H,22,25)/t15-,17+,18+,21-/m0/s1. The molecule has 4 atom stereocenters. The van der Waals surface area contributed by atoms with Crippen molar-refractivity contribution < 1.29 is 23.9 Å². The van der Waals surface area contributed by atoms with Gasteiger partial charge in [0.2, 0.25) is 17.7 Å². The average molecular weight is 397 g/mol. The minimum absolute atomic E-state index is 0.0349. The summed E-state index contributed by atoms with van der Waals surface area (Å²) in [4.78, 5) is 41.6. The first-order chi connectivity index (χ1) is 14.0. The van der Waals surface area contributed by atoms with Gasteiger partial charge in [-0.05, 0) is 17.7 Å². The van der Waals surface area contributed by atoms with Crippen LogP contribution in [0.3, 0.4) is 0 Å². The van der Waals surface area contributed by atoms with Crippen LogP contribution in [0.5, 0.6) is 5.75 Å². The number of ether oxygens (including phenoxy) is 2. The monoisotopic (exact) mass is 397 g/mol. The number of carbonyl (C=O) groups is 3. The van der Waals surface area contributed by atoms with Gasteiger partial charge in [0.1, 0.15) is 11.4 Å². The molecule has 3 saturated heterocycles. The third-order valence-corrected chi connectivity index (χ3v) is 6.32. The number of rotatable bonds is 4. The summed E-state index contributed by atoms with van der Waals surface area (Å²) >= 11 is 0. The van der Waals surface area contributed by atoms with Gasteiger partial charge in [-0.1, -0.05) is 24.3 Å². The fourth-order valence-electron chi connectivity index (χ4n) is 5.02. The number of nitrogens with zero attached hydrogens (tertiary/aromatic N) is 2. The first-order valence-electron chi connectivity index (χ1n) is 9.85. The zero-order valence-corrected chi connectivity index (χ0v) is 16.2. The van der Waals surface area contributed by atoms with E-state index >= 15 is 0 Å². The van der Waals surface area contributed by atoms with Gasteiger partial charge >= 0.3 is 0 Å². The predicted molar refractivity (Wildman–Crippen MR) is 102 cm³/mol. The smallest absolute Gasteiger partial charge is 0.239 e. The number of methoxy groups -OCH3 is 1. The summed E-state index contributed by atoms with van der Waals surface area (Å²) in [7, 11) is 1.61. The van der Waals surface area contributed by atoms with Crippen molar-refractivity contribution in [2.75, 3.05) is 33.3 Å². The van der Waals surface area contributed by atoms with Gasteiger partial charge in [-0.3, -0.25) is 14.4 Å². The van der Waals surface area contributed by atoms with Gasteiger partial charge in [-0.25, -0.2) is 0 Å². The van der Waals surface area contributed by atoms with Crippen LogP contribution < -0.4 is 10.1 Å². The number of nitrogens with one attached hydrogen (secondary N) is 1. The molecule has 0 aliphatic carbocycles. The van der Waals surface area contributed by atoms with E-state index in [2.05, 4.69) is 5.32 Å². The number of piperazine rings is 1. The molecule has 0 saturated carbocycles. The second kappa shape index (κ2) is 6.59. The molecule has 8 nitrogen and oxygen atoms in total. The fraction of sp³-hybridized carbons (Fsp3) is 0.476. The second-order valence-electron chi connectivity index (χ2n) is 8.06. The number of hydrogen-bond donors (Lipinski definition) is 1. The Morgan fingerprint density at radius 3 is 3.03 bits per heavy atom. The average Bonchev–Trinajstić information content (AvgIpc) is 3.36. The topological polar surface area (TPSA) is 88.2 Å². The molecule has 2 bridgehead atoms. The van der Waals surface area contributed by atoms with Crippen LogP contribution in [0.1, 0.15) is 5.56 Å². The maximum absolute atomic E-state index is 13.3. The molecule has 1 aromatic rings. The van der Waals surface area contributed by atoms with Crippen molar-refractivity contribution in [1.29, 1.82) is 0 Å². The quantitative estimate of drug-likeness (QED) is 0.719. The molecule has 4 heterocycles. The molecule has 1 aromatic carbocycles. The molecular formula is C21H23N3O5. The van der Waals surface area contributed by atoms with Gasteiger partial charge in [-0.15, -0.1) is 0 Å². The maximum Gasteiger partial charge on any atom is 0.239 e. The number of amides is 3. The van der Waals surface area contributed by atoms with E-state index in [1.165, 1.54) is 0 Å². The normalized spacial score (nSPS) is 32.5. The van der Waals surface area contributed by atoms with E-state index < -0.39 is 23.5 Å². The highest BCUT2D eigenvalue weighted by atomic mass is 16.5. The van der Waals surface area contributed by atoms with Crippen molar-refractivity contribution in [3.8, 4) is 5.75 Å². The third kappa shape index (κ3) is 2.81. The molecule has 1 spiro atoms. The van der Waals surface area contributed by atoms with Crippen LogP contribution in [0.25, 0.3) is 0 Å². The lowest BCUT2D eigenvalue weighted by Gasteiger charge is -2.32. The highest BCUT2D eigenvalue weighted by Gasteiger charge is 2.67. The molecule has 4 aliphatic rings. The summed E-state index contributed by atoms with van der Waals surface area (Å²) in [6.45, 7) is 1.78. The first kappa shape index (κ1) is 18.2. The molecule has 0 radical (unpaired) electrons. The summed E-state index contributed by atoms with van der Waals surface area (Å²) < 4.78 is 11.4. The SMILES string of the molecule is COc1cccc(CN2C[C@]34C=C[C@H](O3)[C@@H](C(=O)N3CCNC(=O)C3)[C@@H]4C2=O)c1. The number of fused-ring (bicyclic) bond motifs is 1. The van der Waals surface area contributed by atoms with Crippen molar-refractivity contribution in [1.82, 2.24) is 15.1 Å². The van der Waals surface area contributed by atoms with E-state index in [9.17, 15) is 14.4 Å². The van der Waals surface area contributed by atoms with E-state index in [-0.39, 0.29) is 24.3 Å². The number of carbonyl (C=O) groups excluding carboxylic acids is 3. The lowest BCUT2D eigenvalue weighted by atomic mass is 9.76. The lowest BCUT2D eigenvalue weighted by molar-refractivity contribution is -0.146. The summed E-state index contributed by atoms with van der Waals surface area (Å²) in [5.74, 6) is -0.788. The van der Waals surface area contributed by atoms with Gasteiger partial charge < -0.3 is 24.6 Å². The molecule has 3 amide bonds. The minimum Gasteiger partial charge on any atom is -0.497 e. The minimum atomic E-state index is -0.751. The van der Waals surface area contributed by atoms with E-state index in [0.717, 1.165) is 11.3 Å². The van der Waals surface area contributed by atoms with Crippen LogP contribution in [0.2, 0.25) is 0 Å². The Morgan fingerprint density at radius 1 is 1.38 bits per heavy atom. The van der Waals surface area contributed by atoms with Crippen LogP contribution in [-0.2, 0) is 25.7 Å². The van der Waals surface area contributed by atoms with Crippen molar-refractivity contribution in [3.05, 3.63) is 42.0 Å². The van der Waals surface area contributed by atoms with Gasteiger partial charge in [-0.2, -0.15) is 0 Å². The second-order valence-corrected chi connectivity index (χ2v) is 8.06. The Kier molecular flexibility index (Phi) is 4.13. The van der Waals surface area contributed by atoms with Crippen molar-refractivity contribution in [3.63, 3.8) is 0 Å². The lowest BCUT2D eigenvalue weighted by Crippen LogP contribution is -2.54. The van der Waals surface area contributed by atoms with E-state index in [4.69, 9.17) is 9.47 Å². The Labute approximate surface area is 168 Å². The van der Waals surface area contributed by atoms with E-state index in [1.54, 1.807) is 16.9 Å². The summed E-state index contributed by atoms with van der Waals surface area (Å²) in [6, 6.07) is 7.61. The molecule has 1 N–H and O–H groups in total. The molecule has 0 aromatic heterocycles. The van der Waals surface area contributed by atoms with Crippen LogP contribution in [0, 0.1) is 11.8 Å². The number of hydrogen-bond acceptors (Lipinski definition) is 5.